The monoisotopic (exact) mass is 396 g/mol. The topological polar surface area (TPSA) is 70.6 Å². The van der Waals surface area contributed by atoms with Crippen molar-refractivity contribution in [3.8, 4) is 0 Å². The predicted octanol–water partition coefficient (Wildman–Crippen LogP) is 4.58. The highest BCUT2D eigenvalue weighted by atomic mass is 32.1. The summed E-state index contributed by atoms with van der Waals surface area (Å²) in [5.41, 5.74) is 1.40. The third kappa shape index (κ3) is 3.41. The lowest BCUT2D eigenvalue weighted by Gasteiger charge is -2.32. The fraction of sp³-hybridized carbons (Fsp3) is 0.619. The third-order valence-corrected chi connectivity index (χ3v) is 6.80. The van der Waals surface area contributed by atoms with Crippen molar-refractivity contribution in [2.24, 2.45) is 5.92 Å². The summed E-state index contributed by atoms with van der Waals surface area (Å²) in [6.45, 7) is 8.57. The Balaban J connectivity index is 1.37. The first-order valence-electron chi connectivity index (χ1n) is 10.5. The zero-order valence-corrected chi connectivity index (χ0v) is 17.7. The van der Waals surface area contributed by atoms with Crippen LogP contribution in [0.5, 0.6) is 0 Å². The Morgan fingerprint density at radius 1 is 1.11 bits per heavy atom. The van der Waals surface area contributed by atoms with E-state index < -0.39 is 0 Å². The van der Waals surface area contributed by atoms with E-state index in [2.05, 4.69) is 34.3 Å². The Morgan fingerprint density at radius 3 is 2.61 bits per heavy atom. The number of H-pyrrole nitrogens is 1. The van der Waals surface area contributed by atoms with Gasteiger partial charge in [-0.3, -0.25) is 5.10 Å². The molecule has 2 aliphatic rings. The van der Waals surface area contributed by atoms with E-state index in [9.17, 15) is 0 Å². The van der Waals surface area contributed by atoms with Crippen LogP contribution in [-0.2, 0) is 6.42 Å². The second-order valence-corrected chi connectivity index (χ2v) is 9.61. The summed E-state index contributed by atoms with van der Waals surface area (Å²) >= 11 is 1.76. The molecule has 0 amide bonds. The zero-order chi connectivity index (χ0) is 19.3. The van der Waals surface area contributed by atoms with Gasteiger partial charge in [-0.25, -0.2) is 15.0 Å². The number of aromatic amines is 1. The molecule has 0 bridgehead atoms. The SMILES string of the molecule is Cc1nc(N2CCC(c3nc(C4CC4)n[nH]3)CC2)c2c(CC(C)C)csc2n1. The Morgan fingerprint density at radius 2 is 1.89 bits per heavy atom. The largest absolute Gasteiger partial charge is 0.356 e. The van der Waals surface area contributed by atoms with E-state index in [0.29, 0.717) is 17.8 Å². The van der Waals surface area contributed by atoms with Crippen molar-refractivity contribution in [3.63, 3.8) is 0 Å². The summed E-state index contributed by atoms with van der Waals surface area (Å²) in [5, 5.41) is 11.2. The highest BCUT2D eigenvalue weighted by Gasteiger charge is 2.30. The first-order chi connectivity index (χ1) is 13.6. The van der Waals surface area contributed by atoms with Crippen LogP contribution in [0.2, 0.25) is 0 Å². The molecule has 7 heteroatoms. The van der Waals surface area contributed by atoms with Gasteiger partial charge in [-0.1, -0.05) is 13.8 Å². The number of piperidine rings is 1. The lowest BCUT2D eigenvalue weighted by molar-refractivity contribution is 0.485. The number of aromatic nitrogens is 5. The molecule has 0 aromatic carbocycles. The molecule has 0 radical (unpaired) electrons. The minimum atomic E-state index is 0.479. The first kappa shape index (κ1) is 18.0. The normalized spacial score (nSPS) is 18.5. The van der Waals surface area contributed by atoms with Crippen molar-refractivity contribution in [1.82, 2.24) is 25.1 Å². The van der Waals surface area contributed by atoms with Crippen LogP contribution < -0.4 is 4.90 Å². The lowest BCUT2D eigenvalue weighted by Crippen LogP contribution is -2.34. The van der Waals surface area contributed by atoms with Crippen molar-refractivity contribution in [1.29, 1.82) is 0 Å². The molecular formula is C21H28N6S. The predicted molar refractivity (Wildman–Crippen MR) is 113 cm³/mol. The summed E-state index contributed by atoms with van der Waals surface area (Å²) in [5.74, 6) is 5.84. The summed E-state index contributed by atoms with van der Waals surface area (Å²) < 4.78 is 0. The average molecular weight is 397 g/mol. The maximum atomic E-state index is 4.88. The molecule has 5 rings (SSSR count). The van der Waals surface area contributed by atoms with E-state index in [0.717, 1.165) is 60.5 Å². The molecule has 0 atom stereocenters. The van der Waals surface area contributed by atoms with Crippen LogP contribution in [0.4, 0.5) is 5.82 Å². The van der Waals surface area contributed by atoms with Crippen LogP contribution in [0.15, 0.2) is 5.38 Å². The Kier molecular flexibility index (Phi) is 4.57. The van der Waals surface area contributed by atoms with E-state index in [1.807, 2.05) is 6.92 Å². The second kappa shape index (κ2) is 7.10. The summed E-state index contributed by atoms with van der Waals surface area (Å²) in [6.07, 6.45) is 5.76. The minimum Gasteiger partial charge on any atom is -0.356 e. The Labute approximate surface area is 169 Å². The van der Waals surface area contributed by atoms with E-state index in [-0.39, 0.29) is 0 Å². The lowest BCUT2D eigenvalue weighted by atomic mass is 9.95. The van der Waals surface area contributed by atoms with Gasteiger partial charge < -0.3 is 4.90 Å². The quantitative estimate of drug-likeness (QED) is 0.684. The van der Waals surface area contributed by atoms with Gasteiger partial charge in [0.05, 0.1) is 5.39 Å². The van der Waals surface area contributed by atoms with Gasteiger partial charge in [-0.15, -0.1) is 11.3 Å². The molecular weight excluding hydrogens is 368 g/mol. The van der Waals surface area contributed by atoms with Gasteiger partial charge in [0.1, 0.15) is 22.3 Å². The molecule has 0 spiro atoms. The van der Waals surface area contributed by atoms with Gasteiger partial charge in [0.25, 0.3) is 0 Å². The number of fused-ring (bicyclic) bond motifs is 1. The molecule has 4 heterocycles. The van der Waals surface area contributed by atoms with E-state index >= 15 is 0 Å². The molecule has 0 unspecified atom stereocenters. The van der Waals surface area contributed by atoms with Gasteiger partial charge in [0, 0.05) is 24.9 Å². The number of rotatable bonds is 5. The number of anilines is 1. The molecule has 3 aromatic rings. The van der Waals surface area contributed by atoms with Crippen LogP contribution in [0, 0.1) is 12.8 Å². The molecule has 28 heavy (non-hydrogen) atoms. The van der Waals surface area contributed by atoms with E-state index in [4.69, 9.17) is 15.0 Å². The van der Waals surface area contributed by atoms with Gasteiger partial charge >= 0.3 is 0 Å². The molecule has 148 valence electrons. The van der Waals surface area contributed by atoms with Crippen molar-refractivity contribution in [2.75, 3.05) is 18.0 Å². The standard InChI is InChI=1S/C21H28N6S/c1-12(2)10-16-11-28-21-17(16)20(22-13(3)23-21)27-8-6-15(7-9-27)19-24-18(25-26-19)14-4-5-14/h11-12,14-15H,4-10H2,1-3H3,(H,24,25,26). The minimum absolute atomic E-state index is 0.479. The smallest absolute Gasteiger partial charge is 0.153 e. The summed E-state index contributed by atoms with van der Waals surface area (Å²) in [7, 11) is 0. The molecule has 1 saturated carbocycles. The maximum absolute atomic E-state index is 4.88. The second-order valence-electron chi connectivity index (χ2n) is 8.75. The van der Waals surface area contributed by atoms with Crippen molar-refractivity contribution >= 4 is 27.4 Å². The Bertz CT molecular complexity index is 978. The maximum Gasteiger partial charge on any atom is 0.153 e. The molecule has 1 aliphatic heterocycles. The van der Waals surface area contributed by atoms with Crippen molar-refractivity contribution < 1.29 is 0 Å². The number of nitrogens with one attached hydrogen (secondary N) is 1. The van der Waals surface area contributed by atoms with Gasteiger partial charge in [0.15, 0.2) is 5.82 Å². The highest BCUT2D eigenvalue weighted by Crippen LogP contribution is 2.39. The van der Waals surface area contributed by atoms with Crippen molar-refractivity contribution in [3.05, 3.63) is 28.4 Å². The average Bonchev–Trinajstić information content (AvgIpc) is 3.28. The van der Waals surface area contributed by atoms with Crippen LogP contribution in [0.3, 0.4) is 0 Å². The van der Waals surface area contributed by atoms with Crippen molar-refractivity contribution in [2.45, 2.75) is 64.7 Å². The van der Waals surface area contributed by atoms with Gasteiger partial charge in [-0.2, -0.15) is 5.10 Å². The van der Waals surface area contributed by atoms with Crippen LogP contribution >= 0.6 is 11.3 Å². The van der Waals surface area contributed by atoms with Gasteiger partial charge in [0.2, 0.25) is 0 Å². The fourth-order valence-corrected chi connectivity index (χ4v) is 5.26. The van der Waals surface area contributed by atoms with Crippen LogP contribution in [-0.4, -0.2) is 38.2 Å². The first-order valence-corrected chi connectivity index (χ1v) is 11.4. The van der Waals surface area contributed by atoms with Crippen LogP contribution in [0.1, 0.15) is 74.4 Å². The van der Waals surface area contributed by atoms with Gasteiger partial charge in [-0.05, 0) is 55.9 Å². The number of aryl methyl sites for hydroxylation is 1. The third-order valence-electron chi connectivity index (χ3n) is 5.87. The number of hydrogen-bond acceptors (Lipinski definition) is 6. The Hall–Kier alpha value is -2.02. The molecule has 1 aliphatic carbocycles. The van der Waals surface area contributed by atoms with Crippen LogP contribution in [0.25, 0.3) is 10.2 Å². The number of nitrogens with zero attached hydrogens (tertiary/aromatic N) is 5. The number of thiophene rings is 1. The summed E-state index contributed by atoms with van der Waals surface area (Å²) in [6, 6.07) is 0. The molecule has 2 fully saturated rings. The molecule has 6 nitrogen and oxygen atoms in total. The molecule has 3 aromatic heterocycles. The van der Waals surface area contributed by atoms with E-state index in [1.165, 1.54) is 23.8 Å². The highest BCUT2D eigenvalue weighted by molar-refractivity contribution is 7.17. The zero-order valence-electron chi connectivity index (χ0n) is 16.9. The molecule has 1 N–H and O–H groups in total. The van der Waals surface area contributed by atoms with E-state index in [1.54, 1.807) is 11.3 Å². The summed E-state index contributed by atoms with van der Waals surface area (Å²) in [4.78, 5) is 18.0. The molecule has 1 saturated heterocycles. The number of hydrogen-bond donors (Lipinski definition) is 1. The fourth-order valence-electron chi connectivity index (χ4n) is 4.26.